The number of amides is 1. The van der Waals surface area contributed by atoms with E-state index in [1.807, 2.05) is 26.8 Å². The van der Waals surface area contributed by atoms with Gasteiger partial charge in [-0.05, 0) is 82.4 Å². The summed E-state index contributed by atoms with van der Waals surface area (Å²) in [6.45, 7) is 6.93. The van der Waals surface area contributed by atoms with E-state index in [1.165, 1.54) is 17.3 Å². The van der Waals surface area contributed by atoms with Gasteiger partial charge in [-0.2, -0.15) is 5.53 Å². The molecule has 2 heterocycles. The van der Waals surface area contributed by atoms with Crippen molar-refractivity contribution in [2.45, 2.75) is 64.3 Å². The van der Waals surface area contributed by atoms with E-state index in [4.69, 9.17) is 21.7 Å². The Bertz CT molecular complexity index is 1300. The van der Waals surface area contributed by atoms with Gasteiger partial charge in [0.25, 0.3) is 0 Å². The molecule has 0 radical (unpaired) electrons. The summed E-state index contributed by atoms with van der Waals surface area (Å²) in [5.74, 6) is -0.564. The largest absolute Gasteiger partial charge is 0.573 e. The van der Waals surface area contributed by atoms with Crippen LogP contribution in [0.25, 0.3) is 6.08 Å². The number of allylic oxidation sites excluding steroid dienone is 2. The number of nitrogens with two attached hydrogens (primary N) is 2. The van der Waals surface area contributed by atoms with Crippen LogP contribution in [0, 0.1) is 11.3 Å². The molecule has 1 aliphatic heterocycles. The number of likely N-dealkylation sites (tertiary alicyclic amines) is 1. The summed E-state index contributed by atoms with van der Waals surface area (Å²) in [6.07, 6.45) is 1.46. The molecule has 0 bridgehead atoms. The van der Waals surface area contributed by atoms with Crippen LogP contribution in [0.2, 0.25) is 0 Å². The predicted octanol–water partition coefficient (Wildman–Crippen LogP) is 6.44. The lowest BCUT2D eigenvalue weighted by Crippen LogP contribution is -2.50. The Kier molecular flexibility index (Phi) is 10.5. The molecule has 230 valence electrons. The van der Waals surface area contributed by atoms with E-state index >= 15 is 0 Å². The molecule has 1 fully saturated rings. The van der Waals surface area contributed by atoms with Crippen LogP contribution in [0.1, 0.15) is 62.8 Å². The number of nitrogen functional groups attached to an aromatic ring is 1. The summed E-state index contributed by atoms with van der Waals surface area (Å²) in [7, 11) is 0. The minimum absolute atomic E-state index is 0.0113. The molecule has 1 aromatic heterocycles. The number of alkyl halides is 3. The quantitative estimate of drug-likeness (QED) is 0.0961. The van der Waals surface area contributed by atoms with E-state index < -0.39 is 23.5 Å². The first-order chi connectivity index (χ1) is 19.6. The van der Waals surface area contributed by atoms with Crippen molar-refractivity contribution >= 4 is 18.0 Å². The molecule has 0 saturated carbocycles. The number of aromatic amines is 1. The minimum atomic E-state index is -4.87. The molecule has 0 aliphatic carbocycles. The molecule has 10 nitrogen and oxygen atoms in total. The Morgan fingerprint density at radius 1 is 1.24 bits per heavy atom. The van der Waals surface area contributed by atoms with Gasteiger partial charge in [-0.1, -0.05) is 11.3 Å². The topological polar surface area (TPSA) is 146 Å². The third-order valence-corrected chi connectivity index (χ3v) is 6.31. The van der Waals surface area contributed by atoms with Crippen molar-refractivity contribution < 1.29 is 31.8 Å². The van der Waals surface area contributed by atoms with Crippen LogP contribution in [0.3, 0.4) is 0 Å². The van der Waals surface area contributed by atoms with Crippen LogP contribution in [0.15, 0.2) is 47.5 Å². The van der Waals surface area contributed by atoms with Crippen LogP contribution in [-0.4, -0.2) is 52.6 Å². The average molecular weight is 596 g/mol. The number of H-pyrrole nitrogens is 1. The fraction of sp³-hybridized carbons (Fsp3) is 0.464. The van der Waals surface area contributed by atoms with Crippen LogP contribution >= 0.6 is 0 Å². The smallest absolute Gasteiger partial charge is 0.444 e. The van der Waals surface area contributed by atoms with Crippen LogP contribution < -0.4 is 16.2 Å². The first-order valence-electron chi connectivity index (χ1n) is 13.4. The monoisotopic (exact) mass is 595 g/mol. The van der Waals surface area contributed by atoms with Crippen molar-refractivity contribution in [3.63, 3.8) is 0 Å². The van der Waals surface area contributed by atoms with E-state index in [9.17, 15) is 22.4 Å². The van der Waals surface area contributed by atoms with Gasteiger partial charge < -0.3 is 30.8 Å². The van der Waals surface area contributed by atoms with Gasteiger partial charge in [-0.3, -0.25) is 5.01 Å². The predicted molar refractivity (Wildman–Crippen MR) is 150 cm³/mol. The molecule has 0 atom stereocenters. The lowest BCUT2D eigenvalue weighted by Gasteiger charge is -2.39. The van der Waals surface area contributed by atoms with Gasteiger partial charge in [-0.15, -0.1) is 13.2 Å². The summed E-state index contributed by atoms with van der Waals surface area (Å²) in [6, 6.07) is 4.72. The van der Waals surface area contributed by atoms with Crippen LogP contribution in [0.5, 0.6) is 5.75 Å². The molecule has 3 rings (SSSR count). The summed E-state index contributed by atoms with van der Waals surface area (Å²) in [5.41, 5.74) is 21.5. The van der Waals surface area contributed by atoms with Gasteiger partial charge in [0.15, 0.2) is 0 Å². The molecular formula is C28H37F4N7O3. The van der Waals surface area contributed by atoms with Gasteiger partial charge in [0.1, 0.15) is 23.0 Å². The second kappa shape index (κ2) is 13.6. The molecule has 0 spiro atoms. The van der Waals surface area contributed by atoms with Crippen LogP contribution in [0.4, 0.5) is 28.2 Å². The van der Waals surface area contributed by atoms with E-state index in [1.54, 1.807) is 11.0 Å². The second-order valence-corrected chi connectivity index (χ2v) is 11.0. The Morgan fingerprint density at radius 3 is 2.60 bits per heavy atom. The molecule has 1 aliphatic rings. The number of carbonyl (C=O) groups is 1. The van der Waals surface area contributed by atoms with E-state index in [0.29, 0.717) is 50.4 Å². The van der Waals surface area contributed by atoms with Crippen molar-refractivity contribution in [3.8, 4) is 5.75 Å². The molecule has 42 heavy (non-hydrogen) atoms. The van der Waals surface area contributed by atoms with E-state index in [-0.39, 0.29) is 24.0 Å². The molecule has 1 saturated heterocycles. The van der Waals surface area contributed by atoms with E-state index in [2.05, 4.69) is 14.9 Å². The number of carbonyl (C=O) groups excluding carboxylic acids is 1. The first-order valence-corrected chi connectivity index (χ1v) is 13.4. The number of anilines is 1. The molecule has 2 aromatic rings. The number of hydrogen-bond donors (Lipinski definition) is 4. The normalized spacial score (nSPS) is 14.6. The van der Waals surface area contributed by atoms with Crippen molar-refractivity contribution in [1.29, 1.82) is 5.53 Å². The van der Waals surface area contributed by atoms with Crippen LogP contribution in [-0.2, 0) is 11.2 Å². The minimum Gasteiger partial charge on any atom is -0.444 e. The summed E-state index contributed by atoms with van der Waals surface area (Å²) < 4.78 is 60.4. The van der Waals surface area contributed by atoms with Crippen molar-refractivity contribution in [2.24, 2.45) is 11.0 Å². The Morgan fingerprint density at radius 2 is 1.95 bits per heavy atom. The molecule has 1 aromatic carbocycles. The standard InChI is InChI=1S/C28H37F4N7O3/c1-27(2,3)42-26(40)38-16-20(17-38)24-15-19(25(34)36-24)13-21(33)8-4-5-11-39(37-35)12-6-7-18-14-22(9-10-23(18)29)41-28(30,31)32/h6,9-10,12-15,20,35-36H,4-5,7-8,11,16-17,33-34H2,1-3H3/b12-6+,21-13-,37-35?. The van der Waals surface area contributed by atoms with Crippen molar-refractivity contribution in [2.75, 3.05) is 25.4 Å². The second-order valence-electron chi connectivity index (χ2n) is 11.0. The zero-order chi connectivity index (χ0) is 31.1. The Balaban J connectivity index is 1.43. The highest BCUT2D eigenvalue weighted by atomic mass is 19.4. The summed E-state index contributed by atoms with van der Waals surface area (Å²) in [5, 5.41) is 4.74. The lowest BCUT2D eigenvalue weighted by atomic mass is 9.96. The third kappa shape index (κ3) is 10.00. The molecular weight excluding hydrogens is 558 g/mol. The zero-order valence-electron chi connectivity index (χ0n) is 23.8. The van der Waals surface area contributed by atoms with Gasteiger partial charge >= 0.3 is 12.5 Å². The molecule has 14 heteroatoms. The third-order valence-electron chi connectivity index (χ3n) is 6.31. The van der Waals surface area contributed by atoms with Gasteiger partial charge in [0, 0.05) is 48.7 Å². The highest BCUT2D eigenvalue weighted by molar-refractivity contribution is 5.70. The Hall–Kier alpha value is -4.23. The molecule has 1 amide bonds. The number of halogens is 4. The SMILES string of the molecule is CC(C)(C)OC(=O)N1CC(c2cc(/C=C(\N)CCCCN(/C=C/Cc3cc(OC(F)(F)F)ccc3F)N=N)c(N)[nH]2)C1. The highest BCUT2D eigenvalue weighted by Crippen LogP contribution is 2.31. The van der Waals surface area contributed by atoms with Crippen molar-refractivity contribution in [3.05, 3.63) is 64.9 Å². The Labute approximate surface area is 241 Å². The fourth-order valence-corrected chi connectivity index (χ4v) is 4.24. The first kappa shape index (κ1) is 32.3. The fourth-order valence-electron chi connectivity index (χ4n) is 4.24. The number of aromatic nitrogens is 1. The highest BCUT2D eigenvalue weighted by Gasteiger charge is 2.35. The maximum Gasteiger partial charge on any atom is 0.573 e. The molecule has 0 unspecified atom stereocenters. The number of rotatable bonds is 12. The van der Waals surface area contributed by atoms with Gasteiger partial charge in [-0.25, -0.2) is 9.18 Å². The average Bonchev–Trinajstić information content (AvgIpc) is 3.18. The number of hydrogen-bond acceptors (Lipinski definition) is 7. The maximum absolute atomic E-state index is 14.0. The van der Waals surface area contributed by atoms with Gasteiger partial charge in [0.2, 0.25) is 0 Å². The maximum atomic E-state index is 14.0. The number of unbranched alkanes of at least 4 members (excludes halogenated alkanes) is 1. The lowest BCUT2D eigenvalue weighted by molar-refractivity contribution is -0.274. The van der Waals surface area contributed by atoms with E-state index in [0.717, 1.165) is 29.5 Å². The van der Waals surface area contributed by atoms with Gasteiger partial charge in [0.05, 0.1) is 0 Å². The number of nitrogens with zero attached hydrogens (tertiary/aromatic N) is 3. The van der Waals surface area contributed by atoms with Crippen molar-refractivity contribution in [1.82, 2.24) is 14.9 Å². The summed E-state index contributed by atoms with van der Waals surface area (Å²) in [4.78, 5) is 17.0. The summed E-state index contributed by atoms with van der Waals surface area (Å²) >= 11 is 0. The number of ether oxygens (including phenoxy) is 2. The molecule has 6 N–H and O–H groups in total. The number of benzene rings is 1. The number of nitrogens with one attached hydrogen (secondary N) is 2. The zero-order valence-corrected chi connectivity index (χ0v) is 23.8.